The molecule has 2 aliphatic rings. The van der Waals surface area contributed by atoms with E-state index in [1.165, 1.54) is 6.07 Å². The summed E-state index contributed by atoms with van der Waals surface area (Å²) in [5.41, 5.74) is 2.09. The van der Waals surface area contributed by atoms with Gasteiger partial charge in [-0.05, 0) is 43.4 Å². The Morgan fingerprint density at radius 3 is 2.53 bits per heavy atom. The monoisotopic (exact) mass is 543 g/mol. The molecular weight excluding hydrogens is 510 g/mol. The Kier molecular flexibility index (Phi) is 7.98. The van der Waals surface area contributed by atoms with Gasteiger partial charge in [0.25, 0.3) is 0 Å². The van der Waals surface area contributed by atoms with Crippen LogP contribution in [-0.2, 0) is 14.9 Å². The molecule has 3 N–H and O–H groups in total. The molecule has 0 radical (unpaired) electrons. The normalized spacial score (nSPS) is 17.4. The highest BCUT2D eigenvalue weighted by Gasteiger charge is 2.20. The third-order valence-corrected chi connectivity index (χ3v) is 7.96. The number of hydrogen-bond donors (Lipinski definition) is 3. The smallest absolute Gasteiger partial charge is 0.339 e. The first-order chi connectivity index (χ1) is 18.4. The lowest BCUT2D eigenvalue weighted by molar-refractivity contribution is 0.0388. The van der Waals surface area contributed by atoms with Crippen LogP contribution in [0.1, 0.15) is 0 Å². The second-order valence-corrected chi connectivity index (χ2v) is 11.0. The number of piperazine rings is 1. The molecule has 204 valence electrons. The Balaban J connectivity index is 1.17. The van der Waals surface area contributed by atoms with Crippen LogP contribution >= 0.6 is 0 Å². The quantitative estimate of drug-likeness (QED) is 0.362. The number of nitrogens with zero attached hydrogens (tertiary/aromatic N) is 4. The number of benzene rings is 2. The number of anilines is 2. The first-order valence-electron chi connectivity index (χ1n) is 12.7. The number of carbonyl (C=O) groups excluding carboxylic acids is 1. The topological polar surface area (TPSA) is 132 Å². The predicted molar refractivity (Wildman–Crippen MR) is 144 cm³/mol. The number of rotatable bonds is 8. The lowest BCUT2D eigenvalue weighted by Gasteiger charge is -2.34. The molecule has 2 aliphatic heterocycles. The van der Waals surface area contributed by atoms with Gasteiger partial charge < -0.3 is 29.0 Å². The molecule has 3 heterocycles. The van der Waals surface area contributed by atoms with E-state index in [0.717, 1.165) is 51.5 Å². The highest BCUT2D eigenvalue weighted by Crippen LogP contribution is 2.25. The molecule has 1 aromatic heterocycles. The number of H-pyrrole nitrogens is 1. The van der Waals surface area contributed by atoms with E-state index in [1.807, 2.05) is 12.1 Å². The number of aromatic amines is 1. The second-order valence-electron chi connectivity index (χ2n) is 9.42. The third kappa shape index (κ3) is 6.54. The first-order valence-corrected chi connectivity index (χ1v) is 14.1. The molecule has 2 aromatic carbocycles. The van der Waals surface area contributed by atoms with Crippen molar-refractivity contribution in [1.29, 1.82) is 0 Å². The Bertz CT molecular complexity index is 1350. The summed E-state index contributed by atoms with van der Waals surface area (Å²) in [6.07, 6.45) is 0. The van der Waals surface area contributed by atoms with Crippen molar-refractivity contribution in [3.8, 4) is 5.75 Å². The van der Waals surface area contributed by atoms with E-state index in [2.05, 4.69) is 42.3 Å². The molecule has 0 unspecified atom stereocenters. The zero-order valence-electron chi connectivity index (χ0n) is 21.4. The molecule has 0 saturated carbocycles. The van der Waals surface area contributed by atoms with Crippen molar-refractivity contribution in [2.75, 3.05) is 82.8 Å². The van der Waals surface area contributed by atoms with Crippen molar-refractivity contribution < 1.29 is 22.1 Å². The van der Waals surface area contributed by atoms with Gasteiger partial charge in [-0.15, -0.1) is 0 Å². The minimum Gasteiger partial charge on any atom is -0.379 e. The van der Waals surface area contributed by atoms with E-state index in [1.54, 1.807) is 24.3 Å². The van der Waals surface area contributed by atoms with Crippen LogP contribution in [0.5, 0.6) is 5.75 Å². The van der Waals surface area contributed by atoms with E-state index in [0.29, 0.717) is 30.8 Å². The summed E-state index contributed by atoms with van der Waals surface area (Å²) in [6.45, 7) is 8.11. The maximum Gasteiger partial charge on any atom is 0.339 e. The maximum absolute atomic E-state index is 12.9. The molecule has 2 fully saturated rings. The standard InChI is InChI=1S/C25H33N7O5S/c1-30-10-12-32(13-11-30)19-2-5-21(6-3-19)38(34,35)37-20-4-7-22-23(18-20)28-24(27-22)29-25(33)26-8-9-31-14-16-36-17-15-31/h2-7,18H,8-17H2,1H3,(H3,26,27,28,29,33). The van der Waals surface area contributed by atoms with Crippen LogP contribution in [0.3, 0.4) is 0 Å². The van der Waals surface area contributed by atoms with Gasteiger partial charge >= 0.3 is 16.1 Å². The molecule has 0 atom stereocenters. The molecule has 38 heavy (non-hydrogen) atoms. The number of hydrogen-bond acceptors (Lipinski definition) is 9. The number of likely N-dealkylation sites (N-methyl/N-ethyl adjacent to an activating group) is 1. The van der Waals surface area contributed by atoms with Gasteiger partial charge in [0.1, 0.15) is 10.6 Å². The second kappa shape index (κ2) is 11.6. The summed E-state index contributed by atoms with van der Waals surface area (Å²) in [4.78, 5) is 26.4. The number of ether oxygens (including phenoxy) is 1. The Hall–Kier alpha value is -3.39. The fraction of sp³-hybridized carbons (Fsp3) is 0.440. The van der Waals surface area contributed by atoms with E-state index < -0.39 is 10.1 Å². The molecule has 0 bridgehead atoms. The average molecular weight is 544 g/mol. The summed E-state index contributed by atoms with van der Waals surface area (Å²) < 4.78 is 36.5. The lowest BCUT2D eigenvalue weighted by atomic mass is 10.2. The van der Waals surface area contributed by atoms with Crippen LogP contribution in [0.15, 0.2) is 47.4 Å². The minimum atomic E-state index is -4.02. The zero-order valence-corrected chi connectivity index (χ0v) is 22.2. The molecule has 2 saturated heterocycles. The SMILES string of the molecule is CN1CCN(c2ccc(S(=O)(=O)Oc3ccc4nc(NC(=O)NCCN5CCOCC5)[nH]c4c3)cc2)CC1. The van der Waals surface area contributed by atoms with Crippen molar-refractivity contribution in [2.45, 2.75) is 4.90 Å². The number of amides is 2. The van der Waals surface area contributed by atoms with Gasteiger partial charge in [0.15, 0.2) is 0 Å². The summed E-state index contributed by atoms with van der Waals surface area (Å²) in [5.74, 6) is 0.397. The maximum atomic E-state index is 12.9. The summed E-state index contributed by atoms with van der Waals surface area (Å²) >= 11 is 0. The van der Waals surface area contributed by atoms with Crippen LogP contribution in [0, 0.1) is 0 Å². The fourth-order valence-electron chi connectivity index (χ4n) is 4.47. The van der Waals surface area contributed by atoms with Crippen molar-refractivity contribution >= 4 is 38.8 Å². The fourth-order valence-corrected chi connectivity index (χ4v) is 5.39. The predicted octanol–water partition coefficient (Wildman–Crippen LogP) is 1.54. The van der Waals surface area contributed by atoms with E-state index >= 15 is 0 Å². The van der Waals surface area contributed by atoms with Crippen molar-refractivity contribution in [2.24, 2.45) is 0 Å². The van der Waals surface area contributed by atoms with Gasteiger partial charge in [0.2, 0.25) is 5.95 Å². The minimum absolute atomic E-state index is 0.0798. The van der Waals surface area contributed by atoms with Gasteiger partial charge in [-0.2, -0.15) is 8.42 Å². The van der Waals surface area contributed by atoms with Gasteiger partial charge in [-0.25, -0.2) is 9.78 Å². The number of morpholine rings is 1. The molecule has 0 aliphatic carbocycles. The zero-order chi connectivity index (χ0) is 26.5. The molecule has 13 heteroatoms. The lowest BCUT2D eigenvalue weighted by Crippen LogP contribution is -2.44. The van der Waals surface area contributed by atoms with Crippen LogP contribution in [0.2, 0.25) is 0 Å². The molecule has 3 aromatic rings. The van der Waals surface area contributed by atoms with Crippen LogP contribution in [0.4, 0.5) is 16.4 Å². The number of aromatic nitrogens is 2. The summed E-state index contributed by atoms with van der Waals surface area (Å²) in [7, 11) is -1.93. The van der Waals surface area contributed by atoms with Crippen LogP contribution < -0.4 is 19.7 Å². The molecule has 0 spiro atoms. The largest absolute Gasteiger partial charge is 0.379 e. The number of urea groups is 1. The van der Waals surface area contributed by atoms with Crippen LogP contribution in [0.25, 0.3) is 11.0 Å². The number of nitrogens with one attached hydrogen (secondary N) is 3. The van der Waals surface area contributed by atoms with Gasteiger partial charge in [0.05, 0.1) is 24.2 Å². The van der Waals surface area contributed by atoms with Gasteiger partial charge in [-0.1, -0.05) is 0 Å². The molecular formula is C25H33N7O5S. The van der Waals surface area contributed by atoms with Gasteiger partial charge in [-0.3, -0.25) is 10.2 Å². The Morgan fingerprint density at radius 2 is 1.79 bits per heavy atom. The molecule has 2 amide bonds. The van der Waals surface area contributed by atoms with Gasteiger partial charge in [0, 0.05) is 64.1 Å². The summed E-state index contributed by atoms with van der Waals surface area (Å²) in [5, 5.41) is 5.48. The summed E-state index contributed by atoms with van der Waals surface area (Å²) in [6, 6.07) is 11.1. The Morgan fingerprint density at radius 1 is 1.05 bits per heavy atom. The van der Waals surface area contributed by atoms with Crippen LogP contribution in [-0.4, -0.2) is 107 Å². The number of carbonyl (C=O) groups is 1. The first kappa shape index (κ1) is 26.2. The third-order valence-electron chi connectivity index (χ3n) is 6.70. The Labute approximate surface area is 222 Å². The van der Waals surface area contributed by atoms with Crippen molar-refractivity contribution in [3.63, 3.8) is 0 Å². The van der Waals surface area contributed by atoms with Crippen molar-refractivity contribution in [1.82, 2.24) is 25.1 Å². The van der Waals surface area contributed by atoms with E-state index in [4.69, 9.17) is 8.92 Å². The average Bonchev–Trinajstić information content (AvgIpc) is 3.31. The van der Waals surface area contributed by atoms with E-state index in [9.17, 15) is 13.2 Å². The molecule has 12 nitrogen and oxygen atoms in total. The molecule has 5 rings (SSSR count). The van der Waals surface area contributed by atoms with Crippen molar-refractivity contribution in [3.05, 3.63) is 42.5 Å². The highest BCUT2D eigenvalue weighted by molar-refractivity contribution is 7.87. The highest BCUT2D eigenvalue weighted by atomic mass is 32.2. The number of fused-ring (bicyclic) bond motifs is 1. The van der Waals surface area contributed by atoms with E-state index in [-0.39, 0.29) is 22.6 Å². The number of imidazole rings is 1.